The SMILES string of the molecule is Cc1cc(CN(C)c2ccc(N)cc2Cl)no1. The number of hydrogen-bond acceptors (Lipinski definition) is 4. The van der Waals surface area contributed by atoms with Crippen LogP contribution >= 0.6 is 11.6 Å². The zero-order valence-corrected chi connectivity index (χ0v) is 10.5. The zero-order valence-electron chi connectivity index (χ0n) is 9.77. The second-order valence-electron chi connectivity index (χ2n) is 4.00. The molecule has 2 rings (SSSR count). The average molecular weight is 252 g/mol. The van der Waals surface area contributed by atoms with E-state index in [0.717, 1.165) is 17.1 Å². The van der Waals surface area contributed by atoms with E-state index < -0.39 is 0 Å². The molecule has 1 heterocycles. The van der Waals surface area contributed by atoms with Crippen LogP contribution in [0.25, 0.3) is 0 Å². The van der Waals surface area contributed by atoms with Crippen molar-refractivity contribution in [2.24, 2.45) is 0 Å². The van der Waals surface area contributed by atoms with Crippen LogP contribution in [0.2, 0.25) is 5.02 Å². The van der Waals surface area contributed by atoms with Crippen molar-refractivity contribution in [2.45, 2.75) is 13.5 Å². The smallest absolute Gasteiger partial charge is 0.133 e. The Labute approximate surface area is 105 Å². The molecule has 2 N–H and O–H groups in total. The first-order chi connectivity index (χ1) is 8.06. The number of nitrogens with two attached hydrogens (primary N) is 1. The monoisotopic (exact) mass is 251 g/mol. The predicted molar refractivity (Wildman–Crippen MR) is 69.2 cm³/mol. The fraction of sp³-hybridized carbons (Fsp3) is 0.250. The van der Waals surface area contributed by atoms with Crippen LogP contribution in [0.15, 0.2) is 28.8 Å². The van der Waals surface area contributed by atoms with Gasteiger partial charge in [0.15, 0.2) is 0 Å². The van der Waals surface area contributed by atoms with Gasteiger partial charge in [-0.3, -0.25) is 0 Å². The van der Waals surface area contributed by atoms with Gasteiger partial charge in [0.25, 0.3) is 0 Å². The number of nitrogen functional groups attached to an aromatic ring is 1. The van der Waals surface area contributed by atoms with Gasteiger partial charge in [-0.2, -0.15) is 0 Å². The third-order valence-electron chi connectivity index (χ3n) is 2.46. The van der Waals surface area contributed by atoms with Gasteiger partial charge in [-0.05, 0) is 25.1 Å². The van der Waals surface area contributed by atoms with Crippen molar-refractivity contribution in [3.63, 3.8) is 0 Å². The van der Waals surface area contributed by atoms with E-state index in [-0.39, 0.29) is 0 Å². The lowest BCUT2D eigenvalue weighted by molar-refractivity contribution is 0.390. The molecule has 0 aliphatic heterocycles. The Morgan fingerprint density at radius 3 is 2.76 bits per heavy atom. The Bertz CT molecular complexity index is 524. The van der Waals surface area contributed by atoms with Crippen molar-refractivity contribution in [3.8, 4) is 0 Å². The first kappa shape index (κ1) is 11.8. The quantitative estimate of drug-likeness (QED) is 0.853. The molecule has 0 bridgehead atoms. The van der Waals surface area contributed by atoms with Gasteiger partial charge >= 0.3 is 0 Å². The summed E-state index contributed by atoms with van der Waals surface area (Å²) < 4.78 is 5.02. The topological polar surface area (TPSA) is 55.3 Å². The van der Waals surface area contributed by atoms with Gasteiger partial charge in [-0.15, -0.1) is 0 Å². The number of halogens is 1. The van der Waals surface area contributed by atoms with E-state index in [1.54, 1.807) is 6.07 Å². The minimum absolute atomic E-state index is 0.632. The molecule has 0 spiro atoms. The molecular formula is C12H14ClN3O. The molecule has 17 heavy (non-hydrogen) atoms. The van der Waals surface area contributed by atoms with Crippen LogP contribution in [-0.2, 0) is 6.54 Å². The molecule has 4 nitrogen and oxygen atoms in total. The van der Waals surface area contributed by atoms with Crippen molar-refractivity contribution in [1.29, 1.82) is 0 Å². The minimum atomic E-state index is 0.632. The molecule has 0 unspecified atom stereocenters. The number of aromatic nitrogens is 1. The molecule has 0 atom stereocenters. The second kappa shape index (κ2) is 4.67. The molecule has 0 aliphatic rings. The molecule has 90 valence electrons. The number of benzene rings is 1. The summed E-state index contributed by atoms with van der Waals surface area (Å²) in [5.74, 6) is 0.803. The summed E-state index contributed by atoms with van der Waals surface area (Å²) in [6, 6.07) is 7.36. The Kier molecular flexibility index (Phi) is 3.24. The molecule has 0 amide bonds. The Balaban J connectivity index is 2.17. The van der Waals surface area contributed by atoms with Gasteiger partial charge < -0.3 is 15.2 Å². The summed E-state index contributed by atoms with van der Waals surface area (Å²) in [5, 5.41) is 4.58. The lowest BCUT2D eigenvalue weighted by atomic mass is 10.2. The van der Waals surface area contributed by atoms with E-state index in [2.05, 4.69) is 5.16 Å². The summed E-state index contributed by atoms with van der Waals surface area (Å²) in [4.78, 5) is 2.00. The second-order valence-corrected chi connectivity index (χ2v) is 4.40. The predicted octanol–water partition coefficient (Wildman–Crippen LogP) is 2.86. The maximum absolute atomic E-state index is 6.13. The highest BCUT2D eigenvalue weighted by molar-refractivity contribution is 6.33. The largest absolute Gasteiger partial charge is 0.399 e. The maximum Gasteiger partial charge on any atom is 0.133 e. The molecule has 2 aromatic rings. The van der Waals surface area contributed by atoms with Crippen LogP contribution in [-0.4, -0.2) is 12.2 Å². The number of rotatable bonds is 3. The normalized spacial score (nSPS) is 10.5. The first-order valence-corrected chi connectivity index (χ1v) is 5.62. The van der Waals surface area contributed by atoms with E-state index in [1.807, 2.05) is 37.1 Å². The number of hydrogen-bond donors (Lipinski definition) is 1. The summed E-state index contributed by atoms with van der Waals surface area (Å²) >= 11 is 6.13. The van der Waals surface area contributed by atoms with Crippen LogP contribution in [0, 0.1) is 6.92 Å². The van der Waals surface area contributed by atoms with Gasteiger partial charge in [-0.1, -0.05) is 16.8 Å². The third kappa shape index (κ3) is 2.71. The molecular weight excluding hydrogens is 238 g/mol. The Hall–Kier alpha value is -1.68. The van der Waals surface area contributed by atoms with Gasteiger partial charge in [0.2, 0.25) is 0 Å². The van der Waals surface area contributed by atoms with Gasteiger partial charge in [-0.25, -0.2) is 0 Å². The van der Waals surface area contributed by atoms with Crippen molar-refractivity contribution >= 4 is 23.0 Å². The average Bonchev–Trinajstić information content (AvgIpc) is 2.63. The van der Waals surface area contributed by atoms with Crippen LogP contribution in [0.4, 0.5) is 11.4 Å². The number of nitrogens with zero attached hydrogens (tertiary/aromatic N) is 2. The van der Waals surface area contributed by atoms with Crippen molar-refractivity contribution in [2.75, 3.05) is 17.7 Å². The highest BCUT2D eigenvalue weighted by Gasteiger charge is 2.09. The van der Waals surface area contributed by atoms with E-state index in [4.69, 9.17) is 21.9 Å². The minimum Gasteiger partial charge on any atom is -0.399 e. The highest BCUT2D eigenvalue weighted by atomic mass is 35.5. The zero-order chi connectivity index (χ0) is 12.4. The van der Waals surface area contributed by atoms with Crippen LogP contribution < -0.4 is 10.6 Å². The van der Waals surface area contributed by atoms with Gasteiger partial charge in [0.05, 0.1) is 17.3 Å². The molecule has 0 saturated heterocycles. The fourth-order valence-corrected chi connectivity index (χ4v) is 1.99. The lowest BCUT2D eigenvalue weighted by Gasteiger charge is -2.19. The van der Waals surface area contributed by atoms with Crippen molar-refractivity contribution in [1.82, 2.24) is 5.16 Å². The number of anilines is 2. The maximum atomic E-state index is 6.13. The fourth-order valence-electron chi connectivity index (χ4n) is 1.65. The standard InChI is InChI=1S/C12H14ClN3O/c1-8-5-10(15-17-8)7-16(2)12-4-3-9(14)6-11(12)13/h3-6H,7,14H2,1-2H3. The van der Waals surface area contributed by atoms with Crippen LogP contribution in [0.3, 0.4) is 0 Å². The summed E-state index contributed by atoms with van der Waals surface area (Å²) in [5.41, 5.74) is 8.10. The summed E-state index contributed by atoms with van der Waals surface area (Å²) in [6.45, 7) is 2.51. The van der Waals surface area contributed by atoms with Crippen molar-refractivity contribution < 1.29 is 4.52 Å². The molecule has 1 aromatic carbocycles. The van der Waals surface area contributed by atoms with Gasteiger partial charge in [0, 0.05) is 18.8 Å². The molecule has 5 heteroatoms. The van der Waals surface area contributed by atoms with E-state index in [9.17, 15) is 0 Å². The van der Waals surface area contributed by atoms with Gasteiger partial charge in [0.1, 0.15) is 11.5 Å². The number of aryl methyl sites for hydroxylation is 1. The van der Waals surface area contributed by atoms with Crippen LogP contribution in [0.1, 0.15) is 11.5 Å². The van der Waals surface area contributed by atoms with E-state index in [0.29, 0.717) is 17.3 Å². The van der Waals surface area contributed by atoms with E-state index in [1.165, 1.54) is 0 Å². The third-order valence-corrected chi connectivity index (χ3v) is 2.76. The first-order valence-electron chi connectivity index (χ1n) is 5.24. The molecule has 1 aromatic heterocycles. The lowest BCUT2D eigenvalue weighted by Crippen LogP contribution is -2.17. The summed E-state index contributed by atoms with van der Waals surface area (Å²) in [7, 11) is 1.95. The molecule has 0 fully saturated rings. The Morgan fingerprint density at radius 2 is 2.18 bits per heavy atom. The Morgan fingerprint density at radius 1 is 1.41 bits per heavy atom. The molecule has 0 aliphatic carbocycles. The van der Waals surface area contributed by atoms with Crippen LogP contribution in [0.5, 0.6) is 0 Å². The summed E-state index contributed by atoms with van der Waals surface area (Å²) in [6.07, 6.45) is 0. The molecule has 0 radical (unpaired) electrons. The van der Waals surface area contributed by atoms with Crippen molar-refractivity contribution in [3.05, 3.63) is 40.7 Å². The van der Waals surface area contributed by atoms with E-state index >= 15 is 0 Å². The molecule has 0 saturated carbocycles. The highest BCUT2D eigenvalue weighted by Crippen LogP contribution is 2.27.